The number of fused-ring (bicyclic) bond motifs is 4. The Balaban J connectivity index is 1.41. The first-order chi connectivity index (χ1) is 19.8. The van der Waals surface area contributed by atoms with Crippen LogP contribution >= 0.6 is 11.6 Å². The van der Waals surface area contributed by atoms with E-state index in [4.69, 9.17) is 21.1 Å². The third-order valence-electron chi connectivity index (χ3n) is 10.1. The summed E-state index contributed by atoms with van der Waals surface area (Å²) in [5.41, 5.74) is 3.90. The minimum absolute atomic E-state index is 0.0508. The Bertz CT molecular complexity index is 1360. The van der Waals surface area contributed by atoms with Crippen LogP contribution in [0.25, 0.3) is 0 Å². The van der Waals surface area contributed by atoms with Crippen molar-refractivity contribution in [1.82, 2.24) is 4.72 Å². The number of nitrogens with one attached hydrogen (secondary N) is 1. The molecule has 6 nitrogen and oxygen atoms in total. The van der Waals surface area contributed by atoms with Gasteiger partial charge in [-0.05, 0) is 105 Å². The van der Waals surface area contributed by atoms with Crippen molar-refractivity contribution in [2.45, 2.75) is 69.1 Å². The number of hydrogen-bond donors (Lipinski definition) is 1. The van der Waals surface area contributed by atoms with Gasteiger partial charge >= 0.3 is 0 Å². The van der Waals surface area contributed by atoms with Crippen molar-refractivity contribution in [3.8, 4) is 5.75 Å². The van der Waals surface area contributed by atoms with Gasteiger partial charge in [0.25, 0.3) is 5.91 Å². The summed E-state index contributed by atoms with van der Waals surface area (Å²) < 4.78 is 28.5. The summed E-state index contributed by atoms with van der Waals surface area (Å²) in [6.45, 7) is 6.27. The van der Waals surface area contributed by atoms with Crippen LogP contribution in [0.3, 0.4) is 0 Å². The van der Waals surface area contributed by atoms with Gasteiger partial charge in [0.05, 0.1) is 23.6 Å². The predicted molar refractivity (Wildman–Crippen MR) is 165 cm³/mol. The molecule has 0 aromatic heterocycles. The molecule has 6 rings (SSSR count). The third-order valence-corrected chi connectivity index (χ3v) is 11.9. The lowest BCUT2D eigenvalue weighted by Gasteiger charge is -2.46. The van der Waals surface area contributed by atoms with Crippen molar-refractivity contribution in [3.05, 3.63) is 70.3 Å². The highest BCUT2D eigenvalue weighted by Gasteiger charge is 2.44. The molecule has 1 fully saturated rings. The zero-order chi connectivity index (χ0) is 28.7. The summed E-state index contributed by atoms with van der Waals surface area (Å²) >= 11 is 6.41. The SMILES string of the molecule is COC1/C=C/CC(C)C(C)S(=O)NC(=O)c2ccc3c(c2)N(CC2CCC21)C[C@@]1(CCCc2cc(Cl)ccc21)CO3. The number of anilines is 1. The van der Waals surface area contributed by atoms with Crippen LogP contribution in [0.4, 0.5) is 5.69 Å². The number of aryl methyl sites for hydroxylation is 1. The first kappa shape index (κ1) is 28.8. The van der Waals surface area contributed by atoms with E-state index in [2.05, 4.69) is 40.8 Å². The van der Waals surface area contributed by atoms with Crippen molar-refractivity contribution < 1.29 is 18.5 Å². The molecular formula is C33H41ClN2O4S. The van der Waals surface area contributed by atoms with Crippen LogP contribution in [0, 0.1) is 17.8 Å². The fourth-order valence-electron chi connectivity index (χ4n) is 7.26. The van der Waals surface area contributed by atoms with Gasteiger partial charge in [0.2, 0.25) is 0 Å². The Kier molecular flexibility index (Phi) is 8.23. The second kappa shape index (κ2) is 11.7. The van der Waals surface area contributed by atoms with Gasteiger partial charge in [0.15, 0.2) is 0 Å². The molecular weight excluding hydrogens is 556 g/mol. The van der Waals surface area contributed by atoms with Gasteiger partial charge in [-0.3, -0.25) is 9.52 Å². The minimum Gasteiger partial charge on any atom is -0.490 e. The molecule has 7 atom stereocenters. The Morgan fingerprint density at radius 1 is 1.17 bits per heavy atom. The quantitative estimate of drug-likeness (QED) is 0.395. The zero-order valence-electron chi connectivity index (χ0n) is 24.2. The van der Waals surface area contributed by atoms with E-state index in [1.165, 1.54) is 11.1 Å². The lowest BCUT2D eigenvalue weighted by Crippen LogP contribution is -2.49. The standard InChI is InChI=1S/C33H41ClN2O4S/c1-21-6-4-8-30(39-3)27-12-9-25(27)18-36-19-33(15-5-7-23-16-26(34)11-13-28(23)33)20-40-31-14-10-24(17-29(31)36)32(37)35-41(38)22(21)2/h4,8,10-11,13-14,16-17,21-22,25,27,30H,5-7,9,12,15,18-20H2,1-3H3,(H,35,37)/b8-4+/t21?,22?,25?,27?,30?,33-,41?/m0/s1. The number of carbonyl (C=O) groups is 1. The second-order valence-corrected chi connectivity index (χ2v) is 14.5. The Morgan fingerprint density at radius 3 is 2.80 bits per heavy atom. The van der Waals surface area contributed by atoms with Crippen molar-refractivity contribution in [1.29, 1.82) is 0 Å². The van der Waals surface area contributed by atoms with Gasteiger partial charge in [-0.1, -0.05) is 36.7 Å². The van der Waals surface area contributed by atoms with E-state index in [1.54, 1.807) is 13.2 Å². The van der Waals surface area contributed by atoms with Crippen LogP contribution in [-0.2, 0) is 27.6 Å². The number of benzene rings is 2. The van der Waals surface area contributed by atoms with Gasteiger partial charge in [-0.2, -0.15) is 0 Å². The second-order valence-electron chi connectivity index (χ2n) is 12.6. The van der Waals surface area contributed by atoms with Crippen molar-refractivity contribution in [3.63, 3.8) is 0 Å². The third kappa shape index (κ3) is 5.57. The molecule has 4 aliphatic rings. The van der Waals surface area contributed by atoms with E-state index in [1.807, 2.05) is 25.1 Å². The van der Waals surface area contributed by atoms with E-state index in [-0.39, 0.29) is 28.6 Å². The monoisotopic (exact) mass is 596 g/mol. The van der Waals surface area contributed by atoms with Crippen LogP contribution in [0.2, 0.25) is 5.02 Å². The Hall–Kier alpha value is -2.35. The Morgan fingerprint density at radius 2 is 2.02 bits per heavy atom. The summed E-state index contributed by atoms with van der Waals surface area (Å²) in [7, 11) is 0.305. The number of allylic oxidation sites excluding steroid dienone is 1. The molecule has 8 heteroatoms. The topological polar surface area (TPSA) is 67.9 Å². The molecule has 2 bridgehead atoms. The number of carbonyl (C=O) groups excluding carboxylic acids is 1. The summed E-state index contributed by atoms with van der Waals surface area (Å²) in [6.07, 6.45) is 10.6. The average molecular weight is 597 g/mol. The van der Waals surface area contributed by atoms with Gasteiger partial charge in [-0.25, -0.2) is 4.21 Å². The smallest absolute Gasteiger partial charge is 0.263 e. The first-order valence-electron chi connectivity index (χ1n) is 15.0. The highest BCUT2D eigenvalue weighted by molar-refractivity contribution is 7.84. The van der Waals surface area contributed by atoms with E-state index >= 15 is 0 Å². The van der Waals surface area contributed by atoms with Crippen molar-refractivity contribution in [2.24, 2.45) is 17.8 Å². The fraction of sp³-hybridized carbons (Fsp3) is 0.545. The van der Waals surface area contributed by atoms with Crippen LogP contribution < -0.4 is 14.4 Å². The molecule has 6 unspecified atom stereocenters. The number of methoxy groups -OCH3 is 1. The van der Waals surface area contributed by atoms with Gasteiger partial charge < -0.3 is 14.4 Å². The number of ether oxygens (including phenoxy) is 2. The number of amides is 1. The van der Waals surface area contributed by atoms with E-state index in [0.29, 0.717) is 24.0 Å². The number of nitrogens with zero attached hydrogens (tertiary/aromatic N) is 1. The van der Waals surface area contributed by atoms with Crippen molar-refractivity contribution >= 4 is 34.2 Å². The predicted octanol–water partition coefficient (Wildman–Crippen LogP) is 6.23. The molecule has 1 amide bonds. The molecule has 2 aliphatic heterocycles. The molecule has 2 heterocycles. The molecule has 1 spiro atoms. The first-order valence-corrected chi connectivity index (χ1v) is 16.6. The van der Waals surface area contributed by atoms with Crippen LogP contribution in [0.1, 0.15) is 67.4 Å². The molecule has 2 aromatic rings. The van der Waals surface area contributed by atoms with Gasteiger partial charge in [0.1, 0.15) is 16.7 Å². The van der Waals surface area contributed by atoms with Gasteiger partial charge in [-0.15, -0.1) is 0 Å². The highest BCUT2D eigenvalue weighted by atomic mass is 35.5. The molecule has 0 saturated heterocycles. The van der Waals surface area contributed by atoms with Crippen molar-refractivity contribution in [2.75, 3.05) is 31.7 Å². The van der Waals surface area contributed by atoms with Gasteiger partial charge in [0, 0.05) is 36.2 Å². The zero-order valence-corrected chi connectivity index (χ0v) is 25.8. The maximum absolute atomic E-state index is 13.3. The lowest BCUT2D eigenvalue weighted by atomic mass is 9.68. The van der Waals surface area contributed by atoms with E-state index in [0.717, 1.165) is 68.1 Å². The summed E-state index contributed by atoms with van der Waals surface area (Å²) in [6, 6.07) is 12.0. The Labute approximate surface area is 251 Å². The summed E-state index contributed by atoms with van der Waals surface area (Å²) in [4.78, 5) is 15.8. The van der Waals surface area contributed by atoms with E-state index < -0.39 is 11.0 Å². The summed E-state index contributed by atoms with van der Waals surface area (Å²) in [5, 5.41) is 0.589. The lowest BCUT2D eigenvalue weighted by molar-refractivity contribution is 0.0131. The number of rotatable bonds is 1. The number of hydrogen-bond acceptors (Lipinski definition) is 5. The largest absolute Gasteiger partial charge is 0.490 e. The molecule has 0 radical (unpaired) electrons. The highest BCUT2D eigenvalue weighted by Crippen LogP contribution is 2.47. The molecule has 41 heavy (non-hydrogen) atoms. The van der Waals surface area contributed by atoms with E-state index in [9.17, 15) is 9.00 Å². The van der Waals surface area contributed by atoms with Crippen LogP contribution in [0.5, 0.6) is 5.75 Å². The molecule has 2 aliphatic carbocycles. The number of halogens is 1. The molecule has 2 aromatic carbocycles. The summed E-state index contributed by atoms with van der Waals surface area (Å²) in [5.74, 6) is 1.53. The normalized spacial score (nSPS) is 34.3. The van der Waals surface area contributed by atoms with Crippen LogP contribution in [0.15, 0.2) is 48.6 Å². The molecule has 1 N–H and O–H groups in total. The maximum Gasteiger partial charge on any atom is 0.263 e. The minimum atomic E-state index is -1.50. The molecule has 220 valence electrons. The average Bonchev–Trinajstić information content (AvgIpc) is 3.10. The fourth-order valence-corrected chi connectivity index (χ4v) is 8.48. The molecule has 1 saturated carbocycles. The maximum atomic E-state index is 13.3. The van der Waals surface area contributed by atoms with Crippen LogP contribution in [-0.4, -0.2) is 48.3 Å².